The van der Waals surface area contributed by atoms with E-state index in [4.69, 9.17) is 13.9 Å². The van der Waals surface area contributed by atoms with Crippen LogP contribution in [0.15, 0.2) is 46.9 Å². The van der Waals surface area contributed by atoms with E-state index in [-0.39, 0.29) is 12.4 Å². The fourth-order valence-corrected chi connectivity index (χ4v) is 2.51. The van der Waals surface area contributed by atoms with Gasteiger partial charge in [-0.3, -0.25) is 4.79 Å². The molecule has 0 fully saturated rings. The number of hydrogen-bond donors (Lipinski definition) is 0. The maximum atomic E-state index is 12.9. The Kier molecular flexibility index (Phi) is 4.52. The van der Waals surface area contributed by atoms with Crippen molar-refractivity contribution in [3.05, 3.63) is 65.2 Å². The number of methoxy groups -OCH3 is 1. The number of carbonyl (C=O) groups excluding carboxylic acids is 2. The van der Waals surface area contributed by atoms with Gasteiger partial charge in [-0.1, -0.05) is 0 Å². The Hall–Kier alpha value is -3.15. The molecule has 0 spiro atoms. The number of ether oxygens (including phenoxy) is 2. The molecule has 0 aliphatic heterocycles. The summed E-state index contributed by atoms with van der Waals surface area (Å²) >= 11 is 0. The molecule has 5 nitrogen and oxygen atoms in total. The van der Waals surface area contributed by atoms with Crippen LogP contribution >= 0.6 is 0 Å². The van der Waals surface area contributed by atoms with Crippen LogP contribution in [0, 0.1) is 12.7 Å². The van der Waals surface area contributed by atoms with Crippen molar-refractivity contribution >= 4 is 22.7 Å². The Morgan fingerprint density at radius 2 is 1.84 bits per heavy atom. The molecule has 0 saturated heterocycles. The zero-order valence-corrected chi connectivity index (χ0v) is 13.7. The predicted octanol–water partition coefficient (Wildman–Crippen LogP) is 3.93. The largest absolute Gasteiger partial charge is 0.485 e. The van der Waals surface area contributed by atoms with E-state index in [2.05, 4.69) is 0 Å². The zero-order chi connectivity index (χ0) is 18.0. The van der Waals surface area contributed by atoms with Crippen molar-refractivity contribution in [2.75, 3.05) is 13.7 Å². The van der Waals surface area contributed by atoms with E-state index in [1.165, 1.54) is 31.4 Å². The minimum atomic E-state index is -0.504. The van der Waals surface area contributed by atoms with Gasteiger partial charge >= 0.3 is 5.97 Å². The first-order valence-electron chi connectivity index (χ1n) is 7.52. The molecule has 0 bridgehead atoms. The van der Waals surface area contributed by atoms with Crippen LogP contribution in [0.2, 0.25) is 0 Å². The first-order chi connectivity index (χ1) is 12.0. The maximum Gasteiger partial charge on any atom is 0.342 e. The lowest BCUT2D eigenvalue weighted by atomic mass is 10.1. The van der Waals surface area contributed by atoms with Crippen LogP contribution in [-0.4, -0.2) is 25.5 Å². The molecule has 0 N–H and O–H groups in total. The highest BCUT2D eigenvalue weighted by Gasteiger charge is 2.19. The Balaban J connectivity index is 1.81. The Morgan fingerprint density at radius 3 is 2.52 bits per heavy atom. The normalized spacial score (nSPS) is 10.7. The summed E-state index contributed by atoms with van der Waals surface area (Å²) in [5, 5.41) is 0.552. The Labute approximate surface area is 143 Å². The van der Waals surface area contributed by atoms with Crippen LogP contribution in [0.25, 0.3) is 11.0 Å². The number of aryl methyl sites for hydroxylation is 1. The summed E-state index contributed by atoms with van der Waals surface area (Å²) in [6, 6.07) is 10.2. The number of Topliss-reactive ketones (excluding diaryl/α,β-unsaturated/α-hetero) is 1. The summed E-state index contributed by atoms with van der Waals surface area (Å²) in [4.78, 5) is 24.0. The smallest absolute Gasteiger partial charge is 0.342 e. The quantitative estimate of drug-likeness (QED) is 0.519. The van der Waals surface area contributed by atoms with Gasteiger partial charge in [-0.2, -0.15) is 0 Å². The number of hydrogen-bond acceptors (Lipinski definition) is 5. The van der Waals surface area contributed by atoms with Gasteiger partial charge in [-0.25, -0.2) is 9.18 Å². The lowest BCUT2D eigenvalue weighted by molar-refractivity contribution is 0.0600. The highest BCUT2D eigenvalue weighted by Crippen LogP contribution is 2.29. The van der Waals surface area contributed by atoms with Gasteiger partial charge in [0.1, 0.15) is 28.5 Å². The number of furan rings is 1. The first kappa shape index (κ1) is 16.7. The SMILES string of the molecule is COC(=O)c1c(C)oc2ccc(OCC(=O)c3ccc(F)cc3)cc12. The summed E-state index contributed by atoms with van der Waals surface area (Å²) in [6.07, 6.45) is 0. The molecule has 0 aliphatic carbocycles. The third-order valence-corrected chi connectivity index (χ3v) is 3.76. The second kappa shape index (κ2) is 6.76. The molecule has 25 heavy (non-hydrogen) atoms. The number of halogens is 1. The number of esters is 1. The Morgan fingerprint density at radius 1 is 1.12 bits per heavy atom. The molecule has 1 aromatic heterocycles. The first-order valence-corrected chi connectivity index (χ1v) is 7.52. The standard InChI is InChI=1S/C19H15FO5/c1-11-18(19(22)23-2)15-9-14(7-8-17(15)25-11)24-10-16(21)12-3-5-13(20)6-4-12/h3-9H,10H2,1-2H3. The highest BCUT2D eigenvalue weighted by molar-refractivity contribution is 6.05. The second-order valence-corrected chi connectivity index (χ2v) is 5.40. The van der Waals surface area contributed by atoms with Crippen molar-refractivity contribution in [3.63, 3.8) is 0 Å². The van der Waals surface area contributed by atoms with Crippen LogP contribution in [0.1, 0.15) is 26.5 Å². The van der Waals surface area contributed by atoms with E-state index in [1.807, 2.05) is 0 Å². The molecule has 0 unspecified atom stereocenters. The average Bonchev–Trinajstić information content (AvgIpc) is 2.94. The van der Waals surface area contributed by atoms with E-state index in [1.54, 1.807) is 25.1 Å². The molecule has 1 heterocycles. The van der Waals surface area contributed by atoms with Gasteiger partial charge in [0.25, 0.3) is 0 Å². The van der Waals surface area contributed by atoms with Gasteiger partial charge in [0.15, 0.2) is 12.4 Å². The summed E-state index contributed by atoms with van der Waals surface area (Å²) in [6.45, 7) is 1.46. The number of fused-ring (bicyclic) bond motifs is 1. The summed E-state index contributed by atoms with van der Waals surface area (Å²) < 4.78 is 28.7. The van der Waals surface area contributed by atoms with Gasteiger partial charge in [0, 0.05) is 10.9 Å². The topological polar surface area (TPSA) is 65.7 Å². The minimum Gasteiger partial charge on any atom is -0.485 e. The van der Waals surface area contributed by atoms with Crippen LogP contribution in [0.3, 0.4) is 0 Å². The van der Waals surface area contributed by atoms with Crippen LogP contribution in [0.4, 0.5) is 4.39 Å². The summed E-state index contributed by atoms with van der Waals surface area (Å²) in [5.41, 5.74) is 1.21. The molecule has 0 saturated carbocycles. The molecule has 2 aromatic carbocycles. The minimum absolute atomic E-state index is 0.207. The zero-order valence-electron chi connectivity index (χ0n) is 13.7. The molecule has 6 heteroatoms. The molecule has 0 amide bonds. The van der Waals surface area contributed by atoms with Crippen molar-refractivity contribution in [1.29, 1.82) is 0 Å². The second-order valence-electron chi connectivity index (χ2n) is 5.40. The van der Waals surface area contributed by atoms with Crippen molar-refractivity contribution in [3.8, 4) is 5.75 Å². The predicted molar refractivity (Wildman–Crippen MR) is 88.5 cm³/mol. The summed E-state index contributed by atoms with van der Waals surface area (Å²) in [5.74, 6) is -0.337. The third kappa shape index (κ3) is 3.38. The van der Waals surface area contributed by atoms with Crippen molar-refractivity contribution in [2.24, 2.45) is 0 Å². The molecular weight excluding hydrogens is 327 g/mol. The average molecular weight is 342 g/mol. The molecule has 3 rings (SSSR count). The molecule has 0 atom stereocenters. The fraction of sp³-hybridized carbons (Fsp3) is 0.158. The van der Waals surface area contributed by atoms with Crippen molar-refractivity contribution < 1.29 is 27.9 Å². The van der Waals surface area contributed by atoms with Gasteiger partial charge in [0.2, 0.25) is 0 Å². The van der Waals surface area contributed by atoms with Gasteiger partial charge in [-0.15, -0.1) is 0 Å². The molecule has 128 valence electrons. The summed E-state index contributed by atoms with van der Waals surface area (Å²) in [7, 11) is 1.29. The van der Waals surface area contributed by atoms with Gasteiger partial charge in [0.05, 0.1) is 7.11 Å². The van der Waals surface area contributed by atoms with Crippen LogP contribution in [-0.2, 0) is 4.74 Å². The molecule has 0 radical (unpaired) electrons. The monoisotopic (exact) mass is 342 g/mol. The number of carbonyl (C=O) groups is 2. The van der Waals surface area contributed by atoms with Crippen molar-refractivity contribution in [2.45, 2.75) is 6.92 Å². The third-order valence-electron chi connectivity index (χ3n) is 3.76. The van der Waals surface area contributed by atoms with Gasteiger partial charge in [-0.05, 0) is 49.4 Å². The molecule has 0 aliphatic rings. The van der Waals surface area contributed by atoms with E-state index < -0.39 is 11.8 Å². The number of benzene rings is 2. The van der Waals surface area contributed by atoms with E-state index in [0.29, 0.717) is 33.6 Å². The van der Waals surface area contributed by atoms with E-state index in [9.17, 15) is 14.0 Å². The van der Waals surface area contributed by atoms with Crippen LogP contribution in [0.5, 0.6) is 5.75 Å². The maximum absolute atomic E-state index is 12.9. The lowest BCUT2D eigenvalue weighted by Crippen LogP contribution is -2.11. The molecule has 3 aromatic rings. The fourth-order valence-electron chi connectivity index (χ4n) is 2.51. The number of ketones is 1. The lowest BCUT2D eigenvalue weighted by Gasteiger charge is -2.06. The van der Waals surface area contributed by atoms with Crippen LogP contribution < -0.4 is 4.74 Å². The number of rotatable bonds is 5. The van der Waals surface area contributed by atoms with E-state index >= 15 is 0 Å². The van der Waals surface area contributed by atoms with Crippen molar-refractivity contribution in [1.82, 2.24) is 0 Å². The Bertz CT molecular complexity index is 940. The van der Waals surface area contributed by atoms with E-state index in [0.717, 1.165) is 0 Å². The highest BCUT2D eigenvalue weighted by atomic mass is 19.1. The molecular formula is C19H15FO5. The van der Waals surface area contributed by atoms with Gasteiger partial charge < -0.3 is 13.9 Å².